The van der Waals surface area contributed by atoms with Gasteiger partial charge in [-0.25, -0.2) is 9.97 Å². The second-order valence-corrected chi connectivity index (χ2v) is 4.05. The van der Waals surface area contributed by atoms with Crippen molar-refractivity contribution in [2.75, 3.05) is 17.7 Å². The second kappa shape index (κ2) is 4.41. The Kier molecular flexibility index (Phi) is 2.95. The van der Waals surface area contributed by atoms with Crippen molar-refractivity contribution >= 4 is 17.3 Å². The smallest absolute Gasteiger partial charge is 0.141 e. The first-order valence-corrected chi connectivity index (χ1v) is 5.47. The second-order valence-electron chi connectivity index (χ2n) is 4.05. The van der Waals surface area contributed by atoms with Gasteiger partial charge in [0.25, 0.3) is 0 Å². The van der Waals surface area contributed by atoms with Gasteiger partial charge in [0.15, 0.2) is 0 Å². The van der Waals surface area contributed by atoms with E-state index in [4.69, 9.17) is 5.73 Å². The lowest BCUT2D eigenvalue weighted by Crippen LogP contribution is -2.15. The molecule has 4 heteroatoms. The molecule has 0 fully saturated rings. The molecule has 17 heavy (non-hydrogen) atoms. The highest BCUT2D eigenvalue weighted by molar-refractivity contribution is 5.67. The number of aryl methyl sites for hydroxylation is 1. The number of rotatable bonds is 2. The Morgan fingerprint density at radius 3 is 2.53 bits per heavy atom. The van der Waals surface area contributed by atoms with E-state index >= 15 is 0 Å². The van der Waals surface area contributed by atoms with Crippen LogP contribution in [0.25, 0.3) is 0 Å². The number of nitrogens with zero attached hydrogens (tertiary/aromatic N) is 3. The van der Waals surface area contributed by atoms with Gasteiger partial charge in [-0.3, -0.25) is 0 Å². The minimum atomic E-state index is 0.524. The number of para-hydroxylation sites is 1. The van der Waals surface area contributed by atoms with Gasteiger partial charge >= 0.3 is 0 Å². The van der Waals surface area contributed by atoms with Gasteiger partial charge in [0.1, 0.15) is 18.0 Å². The largest absolute Gasteiger partial charge is 0.383 e. The quantitative estimate of drug-likeness (QED) is 0.857. The van der Waals surface area contributed by atoms with Crippen molar-refractivity contribution in [2.24, 2.45) is 0 Å². The predicted octanol–water partition coefficient (Wildman–Crippen LogP) is 2.44. The van der Waals surface area contributed by atoms with Crippen LogP contribution in [0.15, 0.2) is 30.6 Å². The number of hydrogen-bond acceptors (Lipinski definition) is 4. The summed E-state index contributed by atoms with van der Waals surface area (Å²) in [6.45, 7) is 4.01. The van der Waals surface area contributed by atoms with Gasteiger partial charge in [0.05, 0.1) is 0 Å². The van der Waals surface area contributed by atoms with Crippen molar-refractivity contribution < 1.29 is 0 Å². The number of hydrogen-bond donors (Lipinski definition) is 1. The fraction of sp³-hybridized carbons (Fsp3) is 0.231. The van der Waals surface area contributed by atoms with Crippen LogP contribution in [0.5, 0.6) is 0 Å². The van der Waals surface area contributed by atoms with Crippen LogP contribution < -0.4 is 10.6 Å². The van der Waals surface area contributed by atoms with Crippen LogP contribution in [0.1, 0.15) is 11.1 Å². The number of nitrogens with two attached hydrogens (primary N) is 1. The van der Waals surface area contributed by atoms with Crippen molar-refractivity contribution in [1.29, 1.82) is 0 Å². The number of nitrogen functional groups attached to an aromatic ring is 1. The summed E-state index contributed by atoms with van der Waals surface area (Å²) in [5.74, 6) is 1.36. The minimum Gasteiger partial charge on any atom is -0.383 e. The summed E-state index contributed by atoms with van der Waals surface area (Å²) in [6.07, 6.45) is 1.49. The molecule has 0 saturated carbocycles. The number of anilines is 3. The summed E-state index contributed by atoms with van der Waals surface area (Å²) in [5.41, 5.74) is 9.02. The normalized spacial score (nSPS) is 10.3. The predicted molar refractivity (Wildman–Crippen MR) is 70.4 cm³/mol. The molecule has 88 valence electrons. The van der Waals surface area contributed by atoms with E-state index in [-0.39, 0.29) is 0 Å². The average Bonchev–Trinajstić information content (AvgIpc) is 2.32. The summed E-state index contributed by atoms with van der Waals surface area (Å²) in [4.78, 5) is 10.3. The van der Waals surface area contributed by atoms with E-state index < -0.39 is 0 Å². The van der Waals surface area contributed by atoms with Crippen molar-refractivity contribution in [3.05, 3.63) is 41.7 Å². The van der Waals surface area contributed by atoms with Gasteiger partial charge in [0, 0.05) is 18.3 Å². The molecule has 2 aromatic rings. The summed E-state index contributed by atoms with van der Waals surface area (Å²) < 4.78 is 0. The third-order valence-electron chi connectivity index (χ3n) is 2.89. The molecule has 2 N–H and O–H groups in total. The summed E-state index contributed by atoms with van der Waals surface area (Å²) >= 11 is 0. The molecular formula is C13H16N4. The zero-order chi connectivity index (χ0) is 12.4. The number of benzene rings is 1. The van der Waals surface area contributed by atoms with Gasteiger partial charge in [-0.15, -0.1) is 0 Å². The lowest BCUT2D eigenvalue weighted by Gasteiger charge is -2.22. The van der Waals surface area contributed by atoms with Gasteiger partial charge < -0.3 is 10.6 Å². The molecule has 0 bridgehead atoms. The van der Waals surface area contributed by atoms with Gasteiger partial charge in [0.2, 0.25) is 0 Å². The molecule has 0 aliphatic rings. The first kappa shape index (κ1) is 11.4. The molecule has 1 aromatic carbocycles. The van der Waals surface area contributed by atoms with Gasteiger partial charge in [-0.05, 0) is 25.5 Å². The number of aromatic nitrogens is 2. The van der Waals surface area contributed by atoms with E-state index in [1.54, 1.807) is 0 Å². The first-order chi connectivity index (χ1) is 8.11. The van der Waals surface area contributed by atoms with Crippen molar-refractivity contribution in [3.8, 4) is 0 Å². The van der Waals surface area contributed by atoms with Crippen LogP contribution in [0.3, 0.4) is 0 Å². The highest BCUT2D eigenvalue weighted by Crippen LogP contribution is 2.28. The molecule has 0 spiro atoms. The molecule has 4 nitrogen and oxygen atoms in total. The van der Waals surface area contributed by atoms with E-state index in [9.17, 15) is 0 Å². The van der Waals surface area contributed by atoms with Gasteiger partial charge in [-0.1, -0.05) is 18.2 Å². The zero-order valence-corrected chi connectivity index (χ0v) is 10.3. The molecule has 0 amide bonds. The van der Waals surface area contributed by atoms with Crippen LogP contribution in [0.4, 0.5) is 17.3 Å². The Labute approximate surface area is 101 Å². The maximum Gasteiger partial charge on any atom is 0.141 e. The van der Waals surface area contributed by atoms with Crippen molar-refractivity contribution in [2.45, 2.75) is 13.8 Å². The molecule has 0 aliphatic carbocycles. The fourth-order valence-corrected chi connectivity index (χ4v) is 1.85. The third-order valence-corrected chi connectivity index (χ3v) is 2.89. The summed E-state index contributed by atoms with van der Waals surface area (Å²) in [7, 11) is 1.98. The lowest BCUT2D eigenvalue weighted by molar-refractivity contribution is 1.05. The van der Waals surface area contributed by atoms with Crippen molar-refractivity contribution in [1.82, 2.24) is 9.97 Å². The average molecular weight is 228 g/mol. The Bertz CT molecular complexity index is 537. The third kappa shape index (κ3) is 2.06. The summed E-state index contributed by atoms with van der Waals surface area (Å²) in [5, 5.41) is 0. The zero-order valence-electron chi connectivity index (χ0n) is 10.3. The van der Waals surface area contributed by atoms with E-state index in [0.29, 0.717) is 5.82 Å². The highest BCUT2D eigenvalue weighted by atomic mass is 15.2. The topological polar surface area (TPSA) is 55.0 Å². The fourth-order valence-electron chi connectivity index (χ4n) is 1.85. The van der Waals surface area contributed by atoms with E-state index in [2.05, 4.69) is 29.0 Å². The molecule has 0 atom stereocenters. The van der Waals surface area contributed by atoms with Crippen molar-refractivity contribution in [3.63, 3.8) is 0 Å². The lowest BCUT2D eigenvalue weighted by atomic mass is 10.2. The Morgan fingerprint density at radius 1 is 1.12 bits per heavy atom. The Balaban J connectivity index is 2.48. The molecular weight excluding hydrogens is 212 g/mol. The maximum absolute atomic E-state index is 5.80. The molecule has 0 saturated heterocycles. The van der Waals surface area contributed by atoms with Crippen LogP contribution >= 0.6 is 0 Å². The molecule has 0 radical (unpaired) electrons. The van der Waals surface area contributed by atoms with E-state index in [0.717, 1.165) is 17.1 Å². The maximum atomic E-state index is 5.80. The molecule has 0 aliphatic heterocycles. The van der Waals surface area contributed by atoms with Crippen LogP contribution in [-0.4, -0.2) is 17.0 Å². The minimum absolute atomic E-state index is 0.524. The van der Waals surface area contributed by atoms with E-state index in [1.807, 2.05) is 31.0 Å². The highest BCUT2D eigenvalue weighted by Gasteiger charge is 2.12. The van der Waals surface area contributed by atoms with Gasteiger partial charge in [-0.2, -0.15) is 0 Å². The summed E-state index contributed by atoms with van der Waals surface area (Å²) in [6, 6.07) is 8.17. The van der Waals surface area contributed by atoms with E-state index in [1.165, 1.54) is 11.9 Å². The monoisotopic (exact) mass is 228 g/mol. The molecule has 0 unspecified atom stereocenters. The van der Waals surface area contributed by atoms with Crippen LogP contribution in [-0.2, 0) is 0 Å². The van der Waals surface area contributed by atoms with Crippen LogP contribution in [0, 0.1) is 13.8 Å². The Morgan fingerprint density at radius 2 is 1.82 bits per heavy atom. The molecule has 2 rings (SSSR count). The molecule has 1 heterocycles. The van der Waals surface area contributed by atoms with Crippen LogP contribution in [0.2, 0.25) is 0 Å². The first-order valence-electron chi connectivity index (χ1n) is 5.47. The Hall–Kier alpha value is -2.10. The SMILES string of the molecule is Cc1ccccc1N(C)c1ncnc(N)c1C. The standard InChI is InChI=1S/C13H16N4/c1-9-6-4-5-7-11(9)17(3)13-10(2)12(14)15-8-16-13/h4-8H,1-3H3,(H2,14,15,16). The molecule has 1 aromatic heterocycles.